The predicted molar refractivity (Wildman–Crippen MR) is 91.5 cm³/mol. The maximum absolute atomic E-state index is 8.95. The molecule has 0 aliphatic carbocycles. The predicted octanol–water partition coefficient (Wildman–Crippen LogP) is 2.07. The van der Waals surface area contributed by atoms with Crippen LogP contribution in [0.2, 0.25) is 0 Å². The molecule has 8 nitrogen and oxygen atoms in total. The Morgan fingerprint density at radius 1 is 0.560 bits per heavy atom. The summed E-state index contributed by atoms with van der Waals surface area (Å²) in [5, 5.41) is 70.2. The Morgan fingerprint density at radius 3 is 0.920 bits per heavy atom. The fourth-order valence-corrected chi connectivity index (χ4v) is 1.69. The van der Waals surface area contributed by atoms with Crippen LogP contribution in [0, 0.1) is 0 Å². The van der Waals surface area contributed by atoms with Crippen molar-refractivity contribution < 1.29 is 68.2 Å². The van der Waals surface area contributed by atoms with E-state index in [1.54, 1.807) is 0 Å². The van der Waals surface area contributed by atoms with Crippen LogP contribution in [0.25, 0.3) is 0 Å². The molecule has 2 aromatic rings. The first-order chi connectivity index (χ1) is 11.0. The Bertz CT molecular complexity index is 696. The zero-order valence-electron chi connectivity index (χ0n) is 12.4. The number of hydrogen-bond acceptors (Lipinski definition) is 8. The molecule has 0 atom stereocenters. The van der Waals surface area contributed by atoms with E-state index in [0.717, 1.165) is 24.3 Å². The molecule has 0 radical (unpaired) electrons. The van der Waals surface area contributed by atoms with Gasteiger partial charge < -0.3 is 40.9 Å². The average molecular weight is 485 g/mol. The summed E-state index contributed by atoms with van der Waals surface area (Å²) in [4.78, 5) is 0. The van der Waals surface area contributed by atoms with Gasteiger partial charge in [-0.25, -0.2) is 0 Å². The van der Waals surface area contributed by atoms with Gasteiger partial charge in [0.25, 0.3) is 0 Å². The number of rotatable bonds is 2. The van der Waals surface area contributed by atoms with Crippen LogP contribution in [0.15, 0.2) is 24.3 Å². The molecule has 2 rings (SSSR count). The van der Waals surface area contributed by atoms with Crippen LogP contribution in [0.1, 0.15) is 11.1 Å². The number of thiocarbonyl (C=S) groups is 2. The molecule has 0 bridgehead atoms. The summed E-state index contributed by atoms with van der Waals surface area (Å²) in [5.74, 6) is -3.37. The van der Waals surface area contributed by atoms with E-state index in [2.05, 4.69) is 24.4 Å². The standard InChI is InChI=1S/2C7H6O4S.Cd/c2*8-4-1-3(7(11)12)2-5(9)6(4)10;/h2*1-2,8-10H,(H,11,12);. The molecule has 2 aromatic carbocycles. The largest absolute Gasteiger partial charge is 0.504 e. The minimum absolute atomic E-state index is 0. The number of aliphatic hydroxyl groups excluding tert-OH is 2. The van der Waals surface area contributed by atoms with Crippen LogP contribution in [0.4, 0.5) is 0 Å². The Labute approximate surface area is 172 Å². The van der Waals surface area contributed by atoms with E-state index in [0.29, 0.717) is 0 Å². The second kappa shape index (κ2) is 9.43. The van der Waals surface area contributed by atoms with E-state index in [1.165, 1.54) is 0 Å². The minimum Gasteiger partial charge on any atom is -0.504 e. The van der Waals surface area contributed by atoms with Crippen LogP contribution in [0.3, 0.4) is 0 Å². The molecule has 11 heteroatoms. The fraction of sp³-hybridized carbons (Fsp3) is 0. The Balaban J connectivity index is 0.000000443. The Morgan fingerprint density at radius 2 is 0.760 bits per heavy atom. The van der Waals surface area contributed by atoms with Gasteiger partial charge in [0.15, 0.2) is 44.6 Å². The fourth-order valence-electron chi connectivity index (χ4n) is 1.46. The van der Waals surface area contributed by atoms with Crippen molar-refractivity contribution in [3.63, 3.8) is 0 Å². The number of benzene rings is 2. The number of aliphatic hydroxyl groups is 2. The number of phenolic OH excluding ortho intramolecular Hbond substituents is 6. The summed E-state index contributed by atoms with van der Waals surface area (Å²) >= 11 is 8.75. The van der Waals surface area contributed by atoms with Crippen LogP contribution >= 0.6 is 24.4 Å². The summed E-state index contributed by atoms with van der Waals surface area (Å²) in [7, 11) is 0. The molecular formula is C14H12CdO8S2. The molecule has 0 saturated carbocycles. The SMILES string of the molecule is OC(=S)c1cc(O)c(O)c(O)c1.OC(=S)c1cc(O)c(O)c(O)c1.[Cd]. The van der Waals surface area contributed by atoms with Crippen molar-refractivity contribution in [2.24, 2.45) is 0 Å². The zero-order chi connectivity index (χ0) is 18.6. The number of hydrogen-bond donors (Lipinski definition) is 8. The molecule has 0 spiro atoms. The Hall–Kier alpha value is -2.06. The van der Waals surface area contributed by atoms with Crippen molar-refractivity contribution in [1.82, 2.24) is 0 Å². The molecule has 130 valence electrons. The molecule has 0 unspecified atom stereocenters. The van der Waals surface area contributed by atoms with Gasteiger partial charge >= 0.3 is 0 Å². The van der Waals surface area contributed by atoms with Gasteiger partial charge in [-0.3, -0.25) is 0 Å². The molecule has 0 heterocycles. The van der Waals surface area contributed by atoms with Crippen LogP contribution in [0.5, 0.6) is 34.5 Å². The van der Waals surface area contributed by atoms with E-state index < -0.39 is 44.6 Å². The summed E-state index contributed by atoms with van der Waals surface area (Å²) in [6, 6.07) is 4.21. The molecule has 25 heavy (non-hydrogen) atoms. The zero-order valence-corrected chi connectivity index (χ0v) is 18.1. The van der Waals surface area contributed by atoms with E-state index in [-0.39, 0.29) is 38.4 Å². The summed E-state index contributed by atoms with van der Waals surface area (Å²) < 4.78 is 0. The normalized spacial score (nSPS) is 9.28. The molecular weight excluding hydrogens is 473 g/mol. The number of phenols is 6. The minimum atomic E-state index is -0.630. The number of aromatic hydroxyl groups is 6. The molecule has 0 fully saturated rings. The maximum atomic E-state index is 8.95. The molecule has 0 amide bonds. The molecule has 8 N–H and O–H groups in total. The monoisotopic (exact) mass is 486 g/mol. The van der Waals surface area contributed by atoms with Crippen LogP contribution in [-0.2, 0) is 27.3 Å². The van der Waals surface area contributed by atoms with Crippen molar-refractivity contribution in [3.8, 4) is 34.5 Å². The van der Waals surface area contributed by atoms with Crippen molar-refractivity contribution in [2.45, 2.75) is 0 Å². The first kappa shape index (κ1) is 22.9. The smallest absolute Gasteiger partial charge is 0.200 e. The van der Waals surface area contributed by atoms with Gasteiger partial charge in [0, 0.05) is 38.4 Å². The van der Waals surface area contributed by atoms with Gasteiger partial charge in [0.2, 0.25) is 0 Å². The third-order valence-corrected chi connectivity index (χ3v) is 3.10. The van der Waals surface area contributed by atoms with Crippen molar-refractivity contribution in [2.75, 3.05) is 0 Å². The van der Waals surface area contributed by atoms with Crippen molar-refractivity contribution in [3.05, 3.63) is 35.4 Å². The van der Waals surface area contributed by atoms with Gasteiger partial charge in [-0.1, -0.05) is 0 Å². The summed E-state index contributed by atoms with van der Waals surface area (Å²) in [6.07, 6.45) is 0. The molecule has 0 aromatic heterocycles. The van der Waals surface area contributed by atoms with Gasteiger partial charge in [0.1, 0.15) is 0 Å². The van der Waals surface area contributed by atoms with Gasteiger partial charge in [0.05, 0.1) is 0 Å². The van der Waals surface area contributed by atoms with Crippen LogP contribution < -0.4 is 0 Å². The summed E-state index contributed by atoms with van der Waals surface area (Å²) in [5.41, 5.74) is 0.163. The molecule has 0 saturated heterocycles. The van der Waals surface area contributed by atoms with E-state index in [1.807, 2.05) is 0 Å². The molecule has 0 aliphatic rings. The van der Waals surface area contributed by atoms with E-state index in [4.69, 9.17) is 40.9 Å². The Kier molecular flexibility index (Phi) is 8.66. The second-order valence-corrected chi connectivity index (χ2v) is 5.11. The first-order valence-corrected chi connectivity index (χ1v) is 6.82. The van der Waals surface area contributed by atoms with Crippen molar-refractivity contribution in [1.29, 1.82) is 0 Å². The summed E-state index contributed by atoms with van der Waals surface area (Å²) in [6.45, 7) is 0. The van der Waals surface area contributed by atoms with E-state index in [9.17, 15) is 0 Å². The van der Waals surface area contributed by atoms with Crippen molar-refractivity contribution >= 4 is 34.5 Å². The van der Waals surface area contributed by atoms with Crippen LogP contribution in [-0.4, -0.2) is 51.0 Å². The van der Waals surface area contributed by atoms with E-state index >= 15 is 0 Å². The quantitative estimate of drug-likeness (QED) is 0.180. The van der Waals surface area contributed by atoms with Gasteiger partial charge in [-0.15, -0.1) is 0 Å². The first-order valence-electron chi connectivity index (χ1n) is 6.01. The molecule has 0 aliphatic heterocycles. The third-order valence-electron chi connectivity index (χ3n) is 2.63. The third kappa shape index (κ3) is 6.06. The van der Waals surface area contributed by atoms with Gasteiger partial charge in [-0.05, 0) is 48.7 Å². The topological polar surface area (TPSA) is 162 Å². The average Bonchev–Trinajstić information content (AvgIpc) is 2.49. The second-order valence-electron chi connectivity index (χ2n) is 4.34. The van der Waals surface area contributed by atoms with Gasteiger partial charge in [-0.2, -0.15) is 0 Å². The maximum Gasteiger partial charge on any atom is 0.200 e.